The van der Waals surface area contributed by atoms with Crippen molar-refractivity contribution in [1.82, 2.24) is 9.29 Å². The van der Waals surface area contributed by atoms with Crippen LogP contribution in [-0.4, -0.2) is 20.7 Å². The molecule has 0 saturated carbocycles. The van der Waals surface area contributed by atoms with E-state index in [0.717, 1.165) is 22.4 Å². The number of carbonyl (C=O) groups is 1. The quantitative estimate of drug-likeness (QED) is 0.338. The maximum absolute atomic E-state index is 13.7. The highest BCUT2D eigenvalue weighted by Gasteiger charge is 2.29. The maximum atomic E-state index is 13.7. The lowest BCUT2D eigenvalue weighted by Crippen LogP contribution is -2.32. The molecule has 3 aromatic carbocycles. The SMILES string of the molecule is C=C(c1ccc2ccccc2c1)[C@@H]1C=Cc2c(cn(C)c2C(=O)Nc2ccc(F)c(C#N)c2)S(=N)(=O)N1. The smallest absolute Gasteiger partial charge is 0.272 e. The highest BCUT2D eigenvalue weighted by molar-refractivity contribution is 7.90. The molecule has 1 amide bonds. The Labute approximate surface area is 213 Å². The number of carbonyl (C=O) groups excluding carboxylic acids is 1. The molecule has 0 spiro atoms. The summed E-state index contributed by atoms with van der Waals surface area (Å²) in [5.41, 5.74) is 2.03. The third-order valence-electron chi connectivity index (χ3n) is 6.30. The van der Waals surface area contributed by atoms with Crippen LogP contribution in [-0.2, 0) is 17.0 Å². The minimum absolute atomic E-state index is 0.169. The number of nitrogens with zero attached hydrogens (tertiary/aromatic N) is 2. The van der Waals surface area contributed by atoms with Gasteiger partial charge in [0.15, 0.2) is 0 Å². The summed E-state index contributed by atoms with van der Waals surface area (Å²) in [5, 5.41) is 13.9. The maximum Gasteiger partial charge on any atom is 0.272 e. The van der Waals surface area contributed by atoms with E-state index in [0.29, 0.717) is 11.1 Å². The van der Waals surface area contributed by atoms with E-state index in [2.05, 4.69) is 16.6 Å². The number of aromatic nitrogens is 1. The second-order valence-electron chi connectivity index (χ2n) is 8.73. The van der Waals surface area contributed by atoms with Crippen molar-refractivity contribution in [2.75, 3.05) is 5.32 Å². The number of nitrogens with one attached hydrogen (secondary N) is 3. The van der Waals surface area contributed by atoms with Crippen LogP contribution in [0.15, 0.2) is 84.4 Å². The van der Waals surface area contributed by atoms with E-state index in [9.17, 15) is 13.4 Å². The summed E-state index contributed by atoms with van der Waals surface area (Å²) in [6, 6.07) is 18.7. The summed E-state index contributed by atoms with van der Waals surface area (Å²) < 4.78 is 40.2. The molecule has 7 nitrogen and oxygen atoms in total. The van der Waals surface area contributed by atoms with Gasteiger partial charge in [-0.2, -0.15) is 5.26 Å². The molecule has 1 unspecified atom stereocenters. The third-order valence-corrected chi connectivity index (χ3v) is 7.83. The molecule has 0 saturated heterocycles. The van der Waals surface area contributed by atoms with Gasteiger partial charge in [0.1, 0.15) is 27.5 Å². The van der Waals surface area contributed by atoms with Gasteiger partial charge in [0.2, 0.25) is 0 Å². The van der Waals surface area contributed by atoms with Crippen LogP contribution in [0.4, 0.5) is 10.1 Å². The second kappa shape index (κ2) is 9.17. The van der Waals surface area contributed by atoms with Crippen LogP contribution in [0.5, 0.6) is 0 Å². The average molecular weight is 512 g/mol. The molecule has 1 aliphatic rings. The molecule has 184 valence electrons. The molecule has 37 heavy (non-hydrogen) atoms. The van der Waals surface area contributed by atoms with E-state index >= 15 is 0 Å². The summed E-state index contributed by atoms with van der Waals surface area (Å²) in [6.45, 7) is 4.20. The Kier molecular flexibility index (Phi) is 5.99. The number of benzene rings is 3. The van der Waals surface area contributed by atoms with Crippen LogP contribution in [0, 0.1) is 21.9 Å². The van der Waals surface area contributed by atoms with Crippen LogP contribution < -0.4 is 10.0 Å². The zero-order valence-electron chi connectivity index (χ0n) is 19.8. The first-order chi connectivity index (χ1) is 17.7. The third kappa shape index (κ3) is 4.44. The number of fused-ring (bicyclic) bond motifs is 2. The Morgan fingerprint density at radius 3 is 2.70 bits per heavy atom. The lowest BCUT2D eigenvalue weighted by atomic mass is 9.97. The highest BCUT2D eigenvalue weighted by atomic mass is 32.2. The normalized spacial score (nSPS) is 18.6. The van der Waals surface area contributed by atoms with E-state index in [1.54, 1.807) is 25.3 Å². The fourth-order valence-electron chi connectivity index (χ4n) is 4.40. The Morgan fingerprint density at radius 1 is 1.19 bits per heavy atom. The number of aryl methyl sites for hydroxylation is 1. The van der Waals surface area contributed by atoms with Gasteiger partial charge in [-0.15, -0.1) is 0 Å². The van der Waals surface area contributed by atoms with Gasteiger partial charge in [0.25, 0.3) is 5.91 Å². The Morgan fingerprint density at radius 2 is 1.95 bits per heavy atom. The molecule has 0 bridgehead atoms. The van der Waals surface area contributed by atoms with Crippen LogP contribution in [0.3, 0.4) is 0 Å². The van der Waals surface area contributed by atoms with Gasteiger partial charge in [-0.25, -0.2) is 18.1 Å². The van der Waals surface area contributed by atoms with Crippen LogP contribution in [0.1, 0.15) is 27.2 Å². The van der Waals surface area contributed by atoms with Gasteiger partial charge in [0.05, 0.1) is 16.5 Å². The summed E-state index contributed by atoms with van der Waals surface area (Å²) >= 11 is 0. The minimum atomic E-state index is -3.51. The van der Waals surface area contributed by atoms with Gasteiger partial charge in [0, 0.05) is 24.5 Å². The average Bonchev–Trinajstić information content (AvgIpc) is 3.17. The van der Waals surface area contributed by atoms with Gasteiger partial charge < -0.3 is 9.88 Å². The van der Waals surface area contributed by atoms with Crippen molar-refractivity contribution in [2.45, 2.75) is 10.9 Å². The molecular weight excluding hydrogens is 489 g/mol. The molecule has 3 N–H and O–H groups in total. The number of hydrogen-bond acceptors (Lipinski definition) is 4. The summed E-state index contributed by atoms with van der Waals surface area (Å²) in [7, 11) is -1.90. The summed E-state index contributed by atoms with van der Waals surface area (Å²) in [4.78, 5) is 13.4. The molecule has 0 radical (unpaired) electrons. The molecular formula is C28H22FN5O2S. The Hall–Kier alpha value is -4.52. The van der Waals surface area contributed by atoms with Crippen molar-refractivity contribution >= 4 is 43.9 Å². The lowest BCUT2D eigenvalue weighted by molar-refractivity contribution is 0.101. The number of nitriles is 1. The van der Waals surface area contributed by atoms with Crippen molar-refractivity contribution in [3.63, 3.8) is 0 Å². The molecule has 9 heteroatoms. The molecule has 2 heterocycles. The number of anilines is 1. The number of halogens is 1. The fraction of sp³-hybridized carbons (Fsp3) is 0.0714. The van der Waals surface area contributed by atoms with E-state index < -0.39 is 27.7 Å². The monoisotopic (exact) mass is 511 g/mol. The van der Waals surface area contributed by atoms with E-state index in [1.807, 2.05) is 42.5 Å². The molecule has 1 aromatic heterocycles. The molecule has 0 fully saturated rings. The summed E-state index contributed by atoms with van der Waals surface area (Å²) in [5.74, 6) is -1.24. The first kappa shape index (κ1) is 24.2. The van der Waals surface area contributed by atoms with Crippen molar-refractivity contribution in [2.24, 2.45) is 7.05 Å². The van der Waals surface area contributed by atoms with Crippen LogP contribution >= 0.6 is 0 Å². The Bertz CT molecular complexity index is 1780. The minimum Gasteiger partial charge on any atom is -0.345 e. The standard InChI is InChI=1S/C28H22FN5O2S/c1-17(19-8-7-18-5-3-4-6-20(18)13-19)25-12-10-23-26(37(31,36)33-25)16-34(2)27(23)28(35)32-22-9-11-24(29)21(14-22)15-30/h3-14,16,25H,1H2,2H3,(H,32,35)(H2,31,33,36)/t25-,37?/m0/s1. The van der Waals surface area contributed by atoms with Gasteiger partial charge >= 0.3 is 0 Å². The van der Waals surface area contributed by atoms with Crippen molar-refractivity contribution < 1.29 is 13.4 Å². The largest absolute Gasteiger partial charge is 0.345 e. The van der Waals surface area contributed by atoms with E-state index in [1.165, 1.54) is 22.9 Å². The molecule has 4 aromatic rings. The molecule has 1 aliphatic heterocycles. The van der Waals surface area contributed by atoms with Crippen molar-refractivity contribution in [1.29, 1.82) is 10.0 Å². The van der Waals surface area contributed by atoms with Gasteiger partial charge in [-0.1, -0.05) is 55.1 Å². The lowest BCUT2D eigenvalue weighted by Gasteiger charge is -2.18. The zero-order valence-corrected chi connectivity index (χ0v) is 20.6. The number of amides is 1. The fourth-order valence-corrected chi connectivity index (χ4v) is 5.88. The molecule has 5 rings (SSSR count). The van der Waals surface area contributed by atoms with E-state index in [4.69, 9.17) is 10.0 Å². The van der Waals surface area contributed by atoms with Crippen molar-refractivity contribution in [3.05, 3.63) is 108 Å². The molecule has 2 atom stereocenters. The van der Waals surface area contributed by atoms with Gasteiger partial charge in [-0.05, 0) is 46.2 Å². The predicted molar refractivity (Wildman–Crippen MR) is 143 cm³/mol. The van der Waals surface area contributed by atoms with Crippen LogP contribution in [0.2, 0.25) is 0 Å². The highest BCUT2D eigenvalue weighted by Crippen LogP contribution is 2.31. The van der Waals surface area contributed by atoms with Crippen molar-refractivity contribution in [3.8, 4) is 6.07 Å². The predicted octanol–water partition coefficient (Wildman–Crippen LogP) is 5.46. The topological polar surface area (TPSA) is 111 Å². The zero-order chi connectivity index (χ0) is 26.3. The first-order valence-electron chi connectivity index (χ1n) is 11.3. The Balaban J connectivity index is 1.49. The number of rotatable bonds is 4. The number of hydrogen-bond donors (Lipinski definition) is 3. The summed E-state index contributed by atoms with van der Waals surface area (Å²) in [6.07, 6.45) is 4.89. The van der Waals surface area contributed by atoms with Crippen LogP contribution in [0.25, 0.3) is 22.4 Å². The van der Waals surface area contributed by atoms with E-state index in [-0.39, 0.29) is 21.8 Å². The second-order valence-corrected chi connectivity index (χ2v) is 10.5. The van der Waals surface area contributed by atoms with Gasteiger partial charge in [-0.3, -0.25) is 4.79 Å². The first-order valence-corrected chi connectivity index (χ1v) is 12.9. The molecule has 0 aliphatic carbocycles.